The zero-order valence-corrected chi connectivity index (χ0v) is 15.7. The highest BCUT2D eigenvalue weighted by Gasteiger charge is 2.20. The van der Waals surface area contributed by atoms with Crippen LogP contribution in [-0.2, 0) is 10.0 Å². The Morgan fingerprint density at radius 2 is 1.81 bits per heavy atom. The lowest BCUT2D eigenvalue weighted by Gasteiger charge is -2.16. The smallest absolute Gasteiger partial charge is 0.263 e. The molecule has 0 aliphatic carbocycles. The number of halogens is 2. The third kappa shape index (κ3) is 3.71. The maximum Gasteiger partial charge on any atom is 0.263 e. The minimum absolute atomic E-state index is 0.0371. The van der Waals surface area contributed by atoms with E-state index in [1.54, 1.807) is 31.2 Å². The van der Waals surface area contributed by atoms with Crippen molar-refractivity contribution in [2.45, 2.75) is 18.7 Å². The Hall–Kier alpha value is -2.44. The predicted molar refractivity (Wildman–Crippen MR) is 101 cm³/mol. The van der Waals surface area contributed by atoms with Gasteiger partial charge in [-0.15, -0.1) is 0 Å². The van der Waals surface area contributed by atoms with Gasteiger partial charge >= 0.3 is 0 Å². The summed E-state index contributed by atoms with van der Waals surface area (Å²) < 4.78 is 41.4. The molecule has 7 heteroatoms. The van der Waals surface area contributed by atoms with Gasteiger partial charge in [0.15, 0.2) is 0 Å². The van der Waals surface area contributed by atoms with Gasteiger partial charge in [0.05, 0.1) is 4.90 Å². The Labute approximate surface area is 156 Å². The van der Waals surface area contributed by atoms with Crippen LogP contribution in [-0.4, -0.2) is 13.4 Å². The van der Waals surface area contributed by atoms with Gasteiger partial charge in [0.1, 0.15) is 11.6 Å². The van der Waals surface area contributed by atoms with Crippen molar-refractivity contribution in [3.63, 3.8) is 0 Å². The normalized spacial score (nSPS) is 11.4. The fourth-order valence-electron chi connectivity index (χ4n) is 2.70. The van der Waals surface area contributed by atoms with Crippen LogP contribution in [0.3, 0.4) is 0 Å². The largest absolute Gasteiger partial charge is 0.263 e. The van der Waals surface area contributed by atoms with Crippen LogP contribution >= 0.6 is 11.6 Å². The summed E-state index contributed by atoms with van der Waals surface area (Å²) in [6, 6.07) is 12.1. The van der Waals surface area contributed by atoms with Crippen molar-refractivity contribution in [1.82, 2.24) is 4.98 Å². The molecule has 1 aromatic heterocycles. The summed E-state index contributed by atoms with van der Waals surface area (Å²) in [4.78, 5) is 4.23. The number of aromatic nitrogens is 1. The second-order valence-electron chi connectivity index (χ2n) is 5.87. The van der Waals surface area contributed by atoms with E-state index in [4.69, 9.17) is 11.6 Å². The van der Waals surface area contributed by atoms with Gasteiger partial charge in [-0.2, -0.15) is 0 Å². The molecule has 0 spiro atoms. The van der Waals surface area contributed by atoms with Gasteiger partial charge in [-0.05, 0) is 66.9 Å². The van der Waals surface area contributed by atoms with E-state index in [9.17, 15) is 12.8 Å². The van der Waals surface area contributed by atoms with Gasteiger partial charge in [-0.3, -0.25) is 4.72 Å². The Morgan fingerprint density at radius 1 is 1.04 bits per heavy atom. The van der Waals surface area contributed by atoms with Gasteiger partial charge in [-0.1, -0.05) is 23.7 Å². The number of aryl methyl sites for hydroxylation is 2. The van der Waals surface area contributed by atoms with Crippen molar-refractivity contribution in [3.8, 4) is 11.1 Å². The van der Waals surface area contributed by atoms with E-state index in [1.165, 1.54) is 30.5 Å². The molecule has 26 heavy (non-hydrogen) atoms. The SMILES string of the molecule is Cc1cc(F)ccc1-c1c(C)ccnc1NS(=O)(=O)c1cccc(Cl)c1. The molecule has 0 aliphatic rings. The molecular formula is C19H16ClFN2O2S. The number of anilines is 1. The first kappa shape index (κ1) is 18.4. The van der Waals surface area contributed by atoms with E-state index >= 15 is 0 Å². The van der Waals surface area contributed by atoms with Gasteiger partial charge in [0.2, 0.25) is 0 Å². The van der Waals surface area contributed by atoms with Crippen molar-refractivity contribution in [1.29, 1.82) is 0 Å². The summed E-state index contributed by atoms with van der Waals surface area (Å²) in [6.07, 6.45) is 1.52. The van der Waals surface area contributed by atoms with Gasteiger partial charge in [0.25, 0.3) is 10.0 Å². The molecule has 0 bridgehead atoms. The van der Waals surface area contributed by atoms with Crippen LogP contribution in [0.2, 0.25) is 5.02 Å². The Morgan fingerprint density at radius 3 is 2.50 bits per heavy atom. The van der Waals surface area contributed by atoms with Gasteiger partial charge < -0.3 is 0 Å². The van der Waals surface area contributed by atoms with E-state index < -0.39 is 10.0 Å². The molecule has 2 aromatic carbocycles. The number of sulfonamides is 1. The molecule has 0 radical (unpaired) electrons. The monoisotopic (exact) mass is 390 g/mol. The zero-order chi connectivity index (χ0) is 18.9. The van der Waals surface area contributed by atoms with Crippen LogP contribution in [0.4, 0.5) is 10.2 Å². The summed E-state index contributed by atoms with van der Waals surface area (Å²) in [5.74, 6) is -0.173. The van der Waals surface area contributed by atoms with Crippen LogP contribution in [0.1, 0.15) is 11.1 Å². The molecule has 4 nitrogen and oxygen atoms in total. The fraction of sp³-hybridized carbons (Fsp3) is 0.105. The number of nitrogens with zero attached hydrogens (tertiary/aromatic N) is 1. The summed E-state index contributed by atoms with van der Waals surface area (Å²) in [5.41, 5.74) is 2.82. The maximum absolute atomic E-state index is 13.5. The summed E-state index contributed by atoms with van der Waals surface area (Å²) in [7, 11) is -3.88. The molecule has 3 aromatic rings. The van der Waals surface area contributed by atoms with E-state index in [-0.39, 0.29) is 16.5 Å². The molecule has 134 valence electrons. The molecule has 0 amide bonds. The van der Waals surface area contributed by atoms with E-state index in [1.807, 2.05) is 6.92 Å². The molecule has 0 saturated carbocycles. The average molecular weight is 391 g/mol. The van der Waals surface area contributed by atoms with Crippen LogP contribution in [0.25, 0.3) is 11.1 Å². The third-order valence-corrected chi connectivity index (χ3v) is 5.53. The summed E-state index contributed by atoms with van der Waals surface area (Å²) in [6.45, 7) is 3.61. The summed E-state index contributed by atoms with van der Waals surface area (Å²) >= 11 is 5.90. The molecule has 3 rings (SSSR count). The number of pyridine rings is 1. The van der Waals surface area contributed by atoms with Crippen LogP contribution in [0.5, 0.6) is 0 Å². The molecular weight excluding hydrogens is 375 g/mol. The lowest BCUT2D eigenvalue weighted by molar-refractivity contribution is 0.601. The summed E-state index contributed by atoms with van der Waals surface area (Å²) in [5, 5.41) is 0.319. The second kappa shape index (κ2) is 7.05. The fourth-order valence-corrected chi connectivity index (χ4v) is 4.03. The highest BCUT2D eigenvalue weighted by atomic mass is 35.5. The molecule has 0 fully saturated rings. The first-order chi connectivity index (χ1) is 12.3. The highest BCUT2D eigenvalue weighted by molar-refractivity contribution is 7.92. The zero-order valence-electron chi connectivity index (χ0n) is 14.1. The van der Waals surface area contributed by atoms with Crippen LogP contribution in [0.15, 0.2) is 59.6 Å². The topological polar surface area (TPSA) is 59.1 Å². The lowest BCUT2D eigenvalue weighted by Crippen LogP contribution is -2.15. The minimum atomic E-state index is -3.88. The molecule has 0 atom stereocenters. The molecule has 0 saturated heterocycles. The Kier molecular flexibility index (Phi) is 4.98. The Balaban J connectivity index is 2.11. The van der Waals surface area contributed by atoms with Gasteiger partial charge in [-0.25, -0.2) is 17.8 Å². The highest BCUT2D eigenvalue weighted by Crippen LogP contribution is 2.33. The number of hydrogen-bond donors (Lipinski definition) is 1. The quantitative estimate of drug-likeness (QED) is 0.685. The molecule has 0 aliphatic heterocycles. The number of benzene rings is 2. The van der Waals surface area contributed by atoms with Crippen molar-refractivity contribution in [2.24, 2.45) is 0 Å². The first-order valence-electron chi connectivity index (χ1n) is 7.78. The second-order valence-corrected chi connectivity index (χ2v) is 7.99. The standard InChI is InChI=1S/C19H16ClFN2O2S/c1-12-8-9-22-19(18(12)17-7-6-15(21)10-13(17)2)23-26(24,25)16-5-3-4-14(20)11-16/h3-11H,1-2H3,(H,22,23). The third-order valence-electron chi connectivity index (χ3n) is 3.95. The molecule has 1 N–H and O–H groups in total. The van der Waals surface area contributed by atoms with Crippen molar-refractivity contribution in [2.75, 3.05) is 4.72 Å². The first-order valence-corrected chi connectivity index (χ1v) is 9.64. The van der Waals surface area contributed by atoms with Gasteiger partial charge in [0, 0.05) is 16.8 Å². The Bertz CT molecular complexity index is 1080. The number of nitrogens with one attached hydrogen (secondary N) is 1. The van der Waals surface area contributed by atoms with Crippen LogP contribution in [0, 0.1) is 19.7 Å². The van der Waals surface area contributed by atoms with Crippen molar-refractivity contribution >= 4 is 27.4 Å². The predicted octanol–water partition coefficient (Wildman–Crippen LogP) is 4.96. The number of rotatable bonds is 4. The minimum Gasteiger partial charge on any atom is -0.263 e. The van der Waals surface area contributed by atoms with Crippen LogP contribution < -0.4 is 4.72 Å². The number of hydrogen-bond acceptors (Lipinski definition) is 3. The maximum atomic E-state index is 13.5. The van der Waals surface area contributed by atoms with Crippen molar-refractivity contribution in [3.05, 3.63) is 76.7 Å². The van der Waals surface area contributed by atoms with E-state index in [2.05, 4.69) is 9.71 Å². The lowest BCUT2D eigenvalue weighted by atomic mass is 9.97. The van der Waals surface area contributed by atoms with E-state index in [0.29, 0.717) is 21.7 Å². The molecule has 1 heterocycles. The molecule has 0 unspecified atom stereocenters. The average Bonchev–Trinajstić information content (AvgIpc) is 2.56. The van der Waals surface area contributed by atoms with E-state index in [0.717, 1.165) is 5.56 Å². The van der Waals surface area contributed by atoms with Crippen molar-refractivity contribution < 1.29 is 12.8 Å².